The number of H-pyrrole nitrogens is 1. The molecule has 0 bridgehead atoms. The third-order valence-corrected chi connectivity index (χ3v) is 4.89. The fraction of sp³-hybridized carbons (Fsp3) is 0.300. The van der Waals surface area contributed by atoms with Crippen molar-refractivity contribution < 1.29 is 4.74 Å². The van der Waals surface area contributed by atoms with Gasteiger partial charge in [-0.25, -0.2) is 9.97 Å². The molecule has 1 aliphatic heterocycles. The van der Waals surface area contributed by atoms with Crippen molar-refractivity contribution in [3.8, 4) is 17.1 Å². The maximum Gasteiger partial charge on any atom is 0.132 e. The van der Waals surface area contributed by atoms with E-state index < -0.39 is 0 Å². The van der Waals surface area contributed by atoms with Crippen molar-refractivity contribution in [1.82, 2.24) is 29.9 Å². The van der Waals surface area contributed by atoms with Gasteiger partial charge in [0.2, 0.25) is 0 Å². The van der Waals surface area contributed by atoms with Gasteiger partial charge in [0.05, 0.1) is 23.4 Å². The SMILES string of the molecule is CC(C)Oc1ccc2[nH]nc(-c3cc(N4CC(n5cccn5)C4)ncn3)c2c1. The molecule has 8 heteroatoms. The lowest BCUT2D eigenvalue weighted by atomic mass is 10.1. The van der Waals surface area contributed by atoms with Crippen LogP contribution in [0.5, 0.6) is 5.75 Å². The summed E-state index contributed by atoms with van der Waals surface area (Å²) >= 11 is 0. The number of fused-ring (bicyclic) bond motifs is 1. The number of benzene rings is 1. The van der Waals surface area contributed by atoms with Crippen LogP contribution >= 0.6 is 0 Å². The fourth-order valence-electron chi connectivity index (χ4n) is 3.49. The summed E-state index contributed by atoms with van der Waals surface area (Å²) in [5, 5.41) is 12.9. The van der Waals surface area contributed by atoms with Crippen LogP contribution in [0.4, 0.5) is 5.82 Å². The van der Waals surface area contributed by atoms with Crippen molar-refractivity contribution in [2.45, 2.75) is 26.0 Å². The molecule has 1 fully saturated rings. The standard InChI is InChI=1S/C20H21N7O/c1-13(2)28-15-4-5-17-16(8-15)20(25-24-17)18-9-19(22-12-21-18)26-10-14(11-26)27-7-3-6-23-27/h3-9,12-14H,10-11H2,1-2H3,(H,24,25). The summed E-state index contributed by atoms with van der Waals surface area (Å²) in [6.07, 6.45) is 5.53. The number of nitrogens with one attached hydrogen (secondary N) is 1. The molecule has 1 saturated heterocycles. The molecule has 1 aliphatic rings. The minimum atomic E-state index is 0.118. The van der Waals surface area contributed by atoms with Gasteiger partial charge < -0.3 is 9.64 Å². The lowest BCUT2D eigenvalue weighted by Crippen LogP contribution is -2.48. The smallest absolute Gasteiger partial charge is 0.132 e. The second-order valence-corrected chi connectivity index (χ2v) is 7.25. The average molecular weight is 375 g/mol. The Labute approximate surface area is 162 Å². The number of nitrogens with zero attached hydrogens (tertiary/aromatic N) is 6. The van der Waals surface area contributed by atoms with Gasteiger partial charge in [-0.3, -0.25) is 9.78 Å². The third kappa shape index (κ3) is 2.96. The molecule has 0 amide bonds. The van der Waals surface area contributed by atoms with Gasteiger partial charge in [0.25, 0.3) is 0 Å². The van der Waals surface area contributed by atoms with E-state index in [4.69, 9.17) is 4.74 Å². The van der Waals surface area contributed by atoms with E-state index in [0.29, 0.717) is 6.04 Å². The van der Waals surface area contributed by atoms with Crippen LogP contribution in [0.1, 0.15) is 19.9 Å². The Bertz CT molecular complexity index is 1100. The van der Waals surface area contributed by atoms with Crippen LogP contribution in [0.15, 0.2) is 49.1 Å². The highest BCUT2D eigenvalue weighted by atomic mass is 16.5. The van der Waals surface area contributed by atoms with Gasteiger partial charge in [-0.05, 0) is 38.1 Å². The monoisotopic (exact) mass is 375 g/mol. The molecule has 3 aromatic heterocycles. The zero-order valence-corrected chi connectivity index (χ0v) is 15.8. The Morgan fingerprint density at radius 1 is 1.18 bits per heavy atom. The molecule has 142 valence electrons. The Morgan fingerprint density at radius 3 is 2.86 bits per heavy atom. The molecule has 0 radical (unpaired) electrons. The van der Waals surface area contributed by atoms with Gasteiger partial charge in [-0.1, -0.05) is 0 Å². The topological polar surface area (TPSA) is 84.8 Å². The Kier molecular flexibility index (Phi) is 3.96. The molecule has 1 aromatic carbocycles. The van der Waals surface area contributed by atoms with Crippen molar-refractivity contribution >= 4 is 16.7 Å². The predicted octanol–water partition coefficient (Wildman–Crippen LogP) is 3.06. The summed E-state index contributed by atoms with van der Waals surface area (Å²) in [4.78, 5) is 11.1. The van der Waals surface area contributed by atoms with Crippen molar-refractivity contribution in [3.63, 3.8) is 0 Å². The van der Waals surface area contributed by atoms with E-state index in [1.165, 1.54) is 0 Å². The van der Waals surface area contributed by atoms with E-state index in [9.17, 15) is 0 Å². The molecular formula is C20H21N7O. The zero-order valence-electron chi connectivity index (χ0n) is 15.8. The normalized spacial score (nSPS) is 14.6. The van der Waals surface area contributed by atoms with Crippen molar-refractivity contribution in [2.75, 3.05) is 18.0 Å². The average Bonchev–Trinajstić information content (AvgIpc) is 3.30. The lowest BCUT2D eigenvalue weighted by molar-refractivity contribution is 0.243. The minimum Gasteiger partial charge on any atom is -0.491 e. The minimum absolute atomic E-state index is 0.118. The molecule has 1 N–H and O–H groups in total. The van der Waals surface area contributed by atoms with Gasteiger partial charge in [0.15, 0.2) is 0 Å². The van der Waals surface area contributed by atoms with Gasteiger partial charge >= 0.3 is 0 Å². The highest BCUT2D eigenvalue weighted by Crippen LogP contribution is 2.31. The molecule has 0 unspecified atom stereocenters. The first-order valence-electron chi connectivity index (χ1n) is 9.38. The highest BCUT2D eigenvalue weighted by molar-refractivity contribution is 5.93. The summed E-state index contributed by atoms with van der Waals surface area (Å²) in [6, 6.07) is 10.3. The first-order chi connectivity index (χ1) is 13.7. The van der Waals surface area contributed by atoms with Crippen LogP contribution in [0, 0.1) is 0 Å². The zero-order chi connectivity index (χ0) is 19.1. The number of hydrogen-bond donors (Lipinski definition) is 1. The summed E-state index contributed by atoms with van der Waals surface area (Å²) in [6.45, 7) is 5.79. The largest absolute Gasteiger partial charge is 0.491 e. The number of anilines is 1. The third-order valence-electron chi connectivity index (χ3n) is 4.89. The fourth-order valence-corrected chi connectivity index (χ4v) is 3.49. The van der Waals surface area contributed by atoms with E-state index in [1.54, 1.807) is 6.33 Å². The van der Waals surface area contributed by atoms with E-state index in [0.717, 1.165) is 46.9 Å². The molecule has 0 saturated carbocycles. The van der Waals surface area contributed by atoms with Crippen molar-refractivity contribution in [2.24, 2.45) is 0 Å². The number of ether oxygens (including phenoxy) is 1. The number of hydrogen-bond acceptors (Lipinski definition) is 6. The van der Waals surface area contributed by atoms with Crippen LogP contribution in [0.3, 0.4) is 0 Å². The summed E-state index contributed by atoms with van der Waals surface area (Å²) in [7, 11) is 0. The lowest BCUT2D eigenvalue weighted by Gasteiger charge is -2.40. The molecular weight excluding hydrogens is 354 g/mol. The maximum absolute atomic E-state index is 5.83. The van der Waals surface area contributed by atoms with Crippen LogP contribution in [0.2, 0.25) is 0 Å². The maximum atomic E-state index is 5.83. The predicted molar refractivity (Wildman–Crippen MR) is 106 cm³/mol. The van der Waals surface area contributed by atoms with E-state index >= 15 is 0 Å². The first kappa shape index (κ1) is 16.7. The number of aromatic amines is 1. The number of aromatic nitrogens is 6. The molecule has 0 spiro atoms. The molecule has 28 heavy (non-hydrogen) atoms. The quantitative estimate of drug-likeness (QED) is 0.577. The Balaban J connectivity index is 1.42. The second kappa shape index (κ2) is 6.63. The summed E-state index contributed by atoms with van der Waals surface area (Å²) < 4.78 is 7.82. The number of rotatable bonds is 5. The van der Waals surface area contributed by atoms with Gasteiger partial charge in [0, 0.05) is 36.9 Å². The van der Waals surface area contributed by atoms with Crippen molar-refractivity contribution in [3.05, 3.63) is 49.1 Å². The van der Waals surface area contributed by atoms with E-state index in [2.05, 4.69) is 30.2 Å². The highest BCUT2D eigenvalue weighted by Gasteiger charge is 2.29. The van der Waals surface area contributed by atoms with Gasteiger partial charge in [-0.15, -0.1) is 0 Å². The van der Waals surface area contributed by atoms with Crippen molar-refractivity contribution in [1.29, 1.82) is 0 Å². The van der Waals surface area contributed by atoms with E-state index in [-0.39, 0.29) is 6.10 Å². The first-order valence-corrected chi connectivity index (χ1v) is 9.38. The molecule has 0 atom stereocenters. The summed E-state index contributed by atoms with van der Waals surface area (Å²) in [5.74, 6) is 1.73. The van der Waals surface area contributed by atoms with Gasteiger partial charge in [-0.2, -0.15) is 10.2 Å². The molecule has 4 heterocycles. The molecule has 0 aliphatic carbocycles. The summed E-state index contributed by atoms with van der Waals surface area (Å²) in [5.41, 5.74) is 2.55. The Morgan fingerprint density at radius 2 is 2.07 bits per heavy atom. The Hall–Kier alpha value is -3.42. The molecule has 5 rings (SSSR count). The van der Waals surface area contributed by atoms with E-state index in [1.807, 2.05) is 61.3 Å². The van der Waals surface area contributed by atoms with Gasteiger partial charge in [0.1, 0.15) is 23.6 Å². The van der Waals surface area contributed by atoms with Crippen LogP contribution in [0.25, 0.3) is 22.3 Å². The molecule has 8 nitrogen and oxygen atoms in total. The van der Waals surface area contributed by atoms with Crippen LogP contribution in [-0.2, 0) is 0 Å². The molecule has 4 aromatic rings. The van der Waals surface area contributed by atoms with Crippen LogP contribution in [-0.4, -0.2) is 49.1 Å². The second-order valence-electron chi connectivity index (χ2n) is 7.25. The van der Waals surface area contributed by atoms with Crippen LogP contribution < -0.4 is 9.64 Å².